The third-order valence-corrected chi connectivity index (χ3v) is 8.68. The number of carbonyl (C=O) groups excluding carboxylic acids is 2. The molecule has 1 N–H and O–H groups in total. The van der Waals surface area contributed by atoms with Crippen LogP contribution >= 0.6 is 15.9 Å². The van der Waals surface area contributed by atoms with Crippen LogP contribution in [0.4, 0.5) is 5.69 Å². The standard InChI is InChI=1S/C29H34BrN3O4S/c1-5-22(3)31-29(35)23(4)32(19-24-9-7-6-8-10-24)28(34)20-33(26-15-13-25(30)14-16-26)38(36,37)27-17-11-21(2)12-18-27/h6-18,22-23H,5,19-20H2,1-4H3,(H,31,35)/t22-,23+/m0/s1. The number of sulfonamides is 1. The molecule has 0 unspecified atom stereocenters. The van der Waals surface area contributed by atoms with Gasteiger partial charge in [0.1, 0.15) is 12.6 Å². The highest BCUT2D eigenvalue weighted by molar-refractivity contribution is 9.10. The molecule has 3 aromatic carbocycles. The number of aryl methyl sites for hydroxylation is 1. The van der Waals surface area contributed by atoms with Gasteiger partial charge in [-0.25, -0.2) is 8.42 Å². The quantitative estimate of drug-likeness (QED) is 0.324. The van der Waals surface area contributed by atoms with Crippen molar-refractivity contribution in [3.63, 3.8) is 0 Å². The van der Waals surface area contributed by atoms with Crippen LogP contribution in [0.1, 0.15) is 38.3 Å². The number of nitrogens with zero attached hydrogens (tertiary/aromatic N) is 2. The maximum absolute atomic E-state index is 13.9. The summed E-state index contributed by atoms with van der Waals surface area (Å²) in [7, 11) is -4.08. The first kappa shape index (κ1) is 29.4. The number of nitrogens with one attached hydrogen (secondary N) is 1. The highest BCUT2D eigenvalue weighted by Crippen LogP contribution is 2.26. The molecule has 2 amide bonds. The second-order valence-electron chi connectivity index (χ2n) is 9.30. The summed E-state index contributed by atoms with van der Waals surface area (Å²) < 4.78 is 29.5. The number of rotatable bonds is 11. The molecule has 0 saturated carbocycles. The van der Waals surface area contributed by atoms with Crippen molar-refractivity contribution in [2.75, 3.05) is 10.8 Å². The topological polar surface area (TPSA) is 86.8 Å². The van der Waals surface area contributed by atoms with E-state index in [0.717, 1.165) is 26.3 Å². The maximum atomic E-state index is 13.9. The molecule has 3 rings (SSSR count). The molecule has 9 heteroatoms. The lowest BCUT2D eigenvalue weighted by molar-refractivity contribution is -0.139. The fourth-order valence-corrected chi connectivity index (χ4v) is 5.48. The minimum atomic E-state index is -4.08. The van der Waals surface area contributed by atoms with E-state index in [1.165, 1.54) is 17.0 Å². The summed E-state index contributed by atoms with van der Waals surface area (Å²) in [6.45, 7) is 7.10. The van der Waals surface area contributed by atoms with Gasteiger partial charge < -0.3 is 10.2 Å². The first-order chi connectivity index (χ1) is 18.0. The zero-order chi connectivity index (χ0) is 27.9. The van der Waals surface area contributed by atoms with Crippen LogP contribution in [0.2, 0.25) is 0 Å². The van der Waals surface area contributed by atoms with Crippen LogP contribution < -0.4 is 9.62 Å². The largest absolute Gasteiger partial charge is 0.352 e. The summed E-state index contributed by atoms with van der Waals surface area (Å²) >= 11 is 3.38. The van der Waals surface area contributed by atoms with Crippen LogP contribution in [0.25, 0.3) is 0 Å². The molecule has 3 aromatic rings. The lowest BCUT2D eigenvalue weighted by Gasteiger charge is -2.32. The third kappa shape index (κ3) is 7.45. The Hall–Kier alpha value is -3.17. The number of anilines is 1. The molecule has 0 aliphatic carbocycles. The lowest BCUT2D eigenvalue weighted by atomic mass is 10.1. The van der Waals surface area contributed by atoms with E-state index < -0.39 is 28.5 Å². The van der Waals surface area contributed by atoms with Crippen LogP contribution in [0.3, 0.4) is 0 Å². The number of hydrogen-bond acceptors (Lipinski definition) is 4. The number of hydrogen-bond donors (Lipinski definition) is 1. The molecule has 7 nitrogen and oxygen atoms in total. The maximum Gasteiger partial charge on any atom is 0.264 e. The van der Waals surface area contributed by atoms with Gasteiger partial charge in [-0.15, -0.1) is 0 Å². The van der Waals surface area contributed by atoms with Crippen molar-refractivity contribution in [1.82, 2.24) is 10.2 Å². The van der Waals surface area contributed by atoms with E-state index in [1.54, 1.807) is 43.3 Å². The first-order valence-corrected chi connectivity index (χ1v) is 14.7. The van der Waals surface area contributed by atoms with Gasteiger partial charge in [0.25, 0.3) is 10.0 Å². The molecular formula is C29H34BrN3O4S. The van der Waals surface area contributed by atoms with Gasteiger partial charge in [-0.1, -0.05) is 70.9 Å². The number of carbonyl (C=O) groups is 2. The molecule has 0 aliphatic heterocycles. The van der Waals surface area contributed by atoms with E-state index in [0.29, 0.717) is 5.69 Å². The van der Waals surface area contributed by atoms with E-state index in [-0.39, 0.29) is 23.4 Å². The van der Waals surface area contributed by atoms with Crippen LogP contribution in [-0.2, 0) is 26.2 Å². The Morgan fingerprint density at radius 1 is 0.921 bits per heavy atom. The van der Waals surface area contributed by atoms with Crippen molar-refractivity contribution < 1.29 is 18.0 Å². The molecule has 0 radical (unpaired) electrons. The van der Waals surface area contributed by atoms with Gasteiger partial charge in [-0.05, 0) is 69.2 Å². The molecular weight excluding hydrogens is 566 g/mol. The van der Waals surface area contributed by atoms with Crippen LogP contribution in [0.15, 0.2) is 88.2 Å². The highest BCUT2D eigenvalue weighted by Gasteiger charge is 2.32. The monoisotopic (exact) mass is 599 g/mol. The number of halogens is 1. The summed E-state index contributed by atoms with van der Waals surface area (Å²) in [4.78, 5) is 28.4. The fourth-order valence-electron chi connectivity index (χ4n) is 3.80. The van der Waals surface area contributed by atoms with Gasteiger partial charge in [-0.3, -0.25) is 13.9 Å². The molecule has 0 spiro atoms. The van der Waals surface area contributed by atoms with Gasteiger partial charge in [0, 0.05) is 17.1 Å². The summed E-state index contributed by atoms with van der Waals surface area (Å²) in [5.41, 5.74) is 2.10. The van der Waals surface area contributed by atoms with Gasteiger partial charge in [-0.2, -0.15) is 0 Å². The molecule has 2 atom stereocenters. The summed E-state index contributed by atoms with van der Waals surface area (Å²) in [5.74, 6) is -0.778. The average Bonchev–Trinajstić information content (AvgIpc) is 2.91. The second kappa shape index (κ2) is 13.1. The van der Waals surface area contributed by atoms with Crippen molar-refractivity contribution in [1.29, 1.82) is 0 Å². The normalized spacial score (nSPS) is 12.9. The van der Waals surface area contributed by atoms with Gasteiger partial charge in [0.2, 0.25) is 11.8 Å². The number of amides is 2. The summed E-state index contributed by atoms with van der Waals surface area (Å²) in [5, 5.41) is 2.93. The Kier molecular flexibility index (Phi) is 10.1. The zero-order valence-corrected chi connectivity index (χ0v) is 24.5. The fraction of sp³-hybridized carbons (Fsp3) is 0.310. The van der Waals surface area contributed by atoms with Gasteiger partial charge in [0.05, 0.1) is 10.6 Å². The van der Waals surface area contributed by atoms with E-state index in [1.807, 2.05) is 51.1 Å². The third-order valence-electron chi connectivity index (χ3n) is 6.37. The minimum absolute atomic E-state index is 0.0557. The Morgan fingerprint density at radius 2 is 1.53 bits per heavy atom. The van der Waals surface area contributed by atoms with Crippen molar-refractivity contribution in [2.45, 2.75) is 57.6 Å². The Labute approximate surface area is 234 Å². The van der Waals surface area contributed by atoms with E-state index in [9.17, 15) is 18.0 Å². The molecule has 0 heterocycles. The van der Waals surface area contributed by atoms with E-state index in [2.05, 4.69) is 21.2 Å². The van der Waals surface area contributed by atoms with Crippen molar-refractivity contribution in [2.24, 2.45) is 0 Å². The minimum Gasteiger partial charge on any atom is -0.352 e. The van der Waals surface area contributed by atoms with Crippen LogP contribution in [-0.4, -0.2) is 43.8 Å². The second-order valence-corrected chi connectivity index (χ2v) is 12.1. The van der Waals surface area contributed by atoms with Gasteiger partial charge in [0.15, 0.2) is 0 Å². The predicted octanol–water partition coefficient (Wildman–Crippen LogP) is 5.28. The molecule has 0 aromatic heterocycles. The summed E-state index contributed by atoms with van der Waals surface area (Å²) in [6.07, 6.45) is 0.747. The summed E-state index contributed by atoms with van der Waals surface area (Å²) in [6, 6.07) is 21.7. The van der Waals surface area contributed by atoms with Crippen LogP contribution in [0.5, 0.6) is 0 Å². The molecule has 0 aliphatic rings. The smallest absolute Gasteiger partial charge is 0.264 e. The molecule has 0 bridgehead atoms. The Balaban J connectivity index is 2.00. The SMILES string of the molecule is CC[C@H](C)NC(=O)[C@@H](C)N(Cc1ccccc1)C(=O)CN(c1ccc(Br)cc1)S(=O)(=O)c1ccc(C)cc1. The highest BCUT2D eigenvalue weighted by atomic mass is 79.9. The first-order valence-electron chi connectivity index (χ1n) is 12.5. The van der Waals surface area contributed by atoms with Gasteiger partial charge >= 0.3 is 0 Å². The van der Waals surface area contributed by atoms with E-state index >= 15 is 0 Å². The Bertz CT molecular complexity index is 1330. The number of benzene rings is 3. The van der Waals surface area contributed by atoms with Crippen LogP contribution in [0, 0.1) is 6.92 Å². The molecule has 38 heavy (non-hydrogen) atoms. The molecule has 202 valence electrons. The van der Waals surface area contributed by atoms with Crippen molar-refractivity contribution in [3.05, 3.63) is 94.5 Å². The average molecular weight is 601 g/mol. The lowest BCUT2D eigenvalue weighted by Crippen LogP contribution is -2.52. The predicted molar refractivity (Wildman–Crippen MR) is 154 cm³/mol. The van der Waals surface area contributed by atoms with E-state index in [4.69, 9.17) is 0 Å². The van der Waals surface area contributed by atoms with Crippen molar-refractivity contribution >= 4 is 43.5 Å². The van der Waals surface area contributed by atoms with Crippen molar-refractivity contribution in [3.8, 4) is 0 Å². The Morgan fingerprint density at radius 3 is 2.11 bits per heavy atom. The zero-order valence-electron chi connectivity index (χ0n) is 22.1. The molecule has 0 saturated heterocycles. The molecule has 0 fully saturated rings.